The Morgan fingerprint density at radius 1 is 1.07 bits per heavy atom. The molecule has 1 fully saturated rings. The fraction of sp³-hybridized carbons (Fsp3) is 0.478. The molecule has 0 saturated carbocycles. The van der Waals surface area contributed by atoms with Crippen molar-refractivity contribution in [3.8, 4) is 0 Å². The Labute approximate surface area is 175 Å². The molecule has 1 aliphatic rings. The molecule has 0 bridgehead atoms. The number of urea groups is 1. The third kappa shape index (κ3) is 5.52. The van der Waals surface area contributed by atoms with Crippen LogP contribution in [0.15, 0.2) is 48.7 Å². The molecule has 0 aliphatic carbocycles. The van der Waals surface area contributed by atoms with E-state index in [0.29, 0.717) is 31.6 Å². The standard InChI is InChI=1S/C23H28F3N3O/c1-2-21(18-9-8-10-19(17-18)23(24,25)26)29-16-15-28(22(29)30)14-7-3-4-11-20-12-5-6-13-27-20/h5-6,8-10,12-13,17,21H,2-4,7,11,14-16H2,1H3. The van der Waals surface area contributed by atoms with Crippen LogP contribution in [0.5, 0.6) is 0 Å². The fourth-order valence-corrected chi connectivity index (χ4v) is 3.99. The number of nitrogens with zero attached hydrogens (tertiary/aromatic N) is 3. The fourth-order valence-electron chi connectivity index (χ4n) is 3.99. The Bertz CT molecular complexity index is 826. The van der Waals surface area contributed by atoms with Gasteiger partial charge in [-0.25, -0.2) is 4.79 Å². The first-order chi connectivity index (χ1) is 14.4. The quantitative estimate of drug-likeness (QED) is 0.489. The number of benzene rings is 1. The molecule has 1 aromatic heterocycles. The average Bonchev–Trinajstić information content (AvgIpc) is 3.09. The van der Waals surface area contributed by atoms with E-state index >= 15 is 0 Å². The molecular weight excluding hydrogens is 391 g/mol. The number of aryl methyl sites for hydroxylation is 1. The zero-order chi connectivity index (χ0) is 21.6. The number of rotatable bonds is 9. The van der Waals surface area contributed by atoms with Crippen molar-refractivity contribution in [2.45, 2.75) is 51.2 Å². The van der Waals surface area contributed by atoms with E-state index in [1.807, 2.05) is 30.0 Å². The number of aromatic nitrogens is 1. The topological polar surface area (TPSA) is 36.4 Å². The van der Waals surface area contributed by atoms with Gasteiger partial charge in [-0.05, 0) is 55.5 Å². The largest absolute Gasteiger partial charge is 0.416 e. The van der Waals surface area contributed by atoms with Crippen LogP contribution in [0.3, 0.4) is 0 Å². The molecule has 1 atom stereocenters. The Balaban J connectivity index is 1.52. The van der Waals surface area contributed by atoms with Crippen molar-refractivity contribution in [3.63, 3.8) is 0 Å². The molecule has 1 aromatic carbocycles. The number of pyridine rings is 1. The predicted molar refractivity (Wildman–Crippen MR) is 110 cm³/mol. The van der Waals surface area contributed by atoms with E-state index in [0.717, 1.165) is 37.4 Å². The van der Waals surface area contributed by atoms with Crippen molar-refractivity contribution in [1.82, 2.24) is 14.8 Å². The van der Waals surface area contributed by atoms with E-state index in [9.17, 15) is 18.0 Å². The van der Waals surface area contributed by atoms with Gasteiger partial charge in [0.1, 0.15) is 0 Å². The third-order valence-electron chi connectivity index (χ3n) is 5.58. The van der Waals surface area contributed by atoms with Crippen LogP contribution in [0, 0.1) is 0 Å². The zero-order valence-corrected chi connectivity index (χ0v) is 17.2. The number of hydrogen-bond acceptors (Lipinski definition) is 2. The Morgan fingerprint density at radius 3 is 2.60 bits per heavy atom. The van der Waals surface area contributed by atoms with Crippen LogP contribution in [-0.4, -0.2) is 40.4 Å². The van der Waals surface area contributed by atoms with Crippen LogP contribution in [0.25, 0.3) is 0 Å². The van der Waals surface area contributed by atoms with Gasteiger partial charge in [0.25, 0.3) is 0 Å². The summed E-state index contributed by atoms with van der Waals surface area (Å²) in [5, 5.41) is 0. The van der Waals surface area contributed by atoms with Gasteiger partial charge in [-0.15, -0.1) is 0 Å². The highest BCUT2D eigenvalue weighted by Crippen LogP contribution is 2.34. The summed E-state index contributed by atoms with van der Waals surface area (Å²) in [6.45, 7) is 3.74. The predicted octanol–water partition coefficient (Wildman–Crippen LogP) is 5.70. The zero-order valence-electron chi connectivity index (χ0n) is 17.2. The normalized spacial score (nSPS) is 15.7. The lowest BCUT2D eigenvalue weighted by Crippen LogP contribution is -2.35. The Hall–Kier alpha value is -2.57. The van der Waals surface area contributed by atoms with Crippen LogP contribution < -0.4 is 0 Å². The molecule has 3 rings (SSSR count). The van der Waals surface area contributed by atoms with Gasteiger partial charge in [-0.1, -0.05) is 31.5 Å². The minimum absolute atomic E-state index is 0.0796. The minimum atomic E-state index is -4.38. The number of unbranched alkanes of at least 4 members (excludes halogenated alkanes) is 2. The van der Waals surface area contributed by atoms with Crippen molar-refractivity contribution in [1.29, 1.82) is 0 Å². The highest BCUT2D eigenvalue weighted by atomic mass is 19.4. The van der Waals surface area contributed by atoms with Gasteiger partial charge in [-0.2, -0.15) is 13.2 Å². The number of carbonyl (C=O) groups is 1. The maximum absolute atomic E-state index is 13.1. The van der Waals surface area contributed by atoms with Crippen LogP contribution in [0.1, 0.15) is 55.5 Å². The SMILES string of the molecule is CCC(c1cccc(C(F)(F)F)c1)N1CCN(CCCCCc2ccccn2)C1=O. The van der Waals surface area contributed by atoms with Gasteiger partial charge in [0.2, 0.25) is 0 Å². The van der Waals surface area contributed by atoms with Gasteiger partial charge in [-0.3, -0.25) is 4.98 Å². The lowest BCUT2D eigenvalue weighted by atomic mass is 10.0. The molecular formula is C23H28F3N3O. The third-order valence-corrected chi connectivity index (χ3v) is 5.58. The second-order valence-electron chi connectivity index (χ2n) is 7.64. The van der Waals surface area contributed by atoms with Crippen molar-refractivity contribution < 1.29 is 18.0 Å². The molecule has 162 valence electrons. The van der Waals surface area contributed by atoms with E-state index in [1.54, 1.807) is 17.2 Å². The van der Waals surface area contributed by atoms with Gasteiger partial charge in [0.05, 0.1) is 11.6 Å². The van der Waals surface area contributed by atoms with E-state index in [-0.39, 0.29) is 12.1 Å². The van der Waals surface area contributed by atoms with Crippen molar-refractivity contribution in [3.05, 3.63) is 65.5 Å². The van der Waals surface area contributed by atoms with Gasteiger partial charge in [0.15, 0.2) is 0 Å². The second-order valence-corrected chi connectivity index (χ2v) is 7.64. The van der Waals surface area contributed by atoms with Gasteiger partial charge >= 0.3 is 12.2 Å². The van der Waals surface area contributed by atoms with E-state index in [4.69, 9.17) is 0 Å². The summed E-state index contributed by atoms with van der Waals surface area (Å²) in [6, 6.07) is 10.8. The second kappa shape index (κ2) is 9.96. The first kappa shape index (κ1) is 22.1. The lowest BCUT2D eigenvalue weighted by molar-refractivity contribution is -0.137. The number of hydrogen-bond donors (Lipinski definition) is 0. The van der Waals surface area contributed by atoms with Crippen molar-refractivity contribution in [2.75, 3.05) is 19.6 Å². The number of alkyl halides is 3. The molecule has 1 unspecified atom stereocenters. The maximum Gasteiger partial charge on any atom is 0.416 e. The summed E-state index contributed by atoms with van der Waals surface area (Å²) in [5.74, 6) is 0. The highest BCUT2D eigenvalue weighted by molar-refractivity contribution is 5.77. The first-order valence-electron chi connectivity index (χ1n) is 10.5. The van der Waals surface area contributed by atoms with Crippen LogP contribution in [0.2, 0.25) is 0 Å². The van der Waals surface area contributed by atoms with Gasteiger partial charge in [0, 0.05) is 31.5 Å². The minimum Gasteiger partial charge on any atom is -0.323 e. The molecule has 7 heteroatoms. The van der Waals surface area contributed by atoms with Crippen molar-refractivity contribution >= 4 is 6.03 Å². The summed E-state index contributed by atoms with van der Waals surface area (Å²) >= 11 is 0. The molecule has 0 spiro atoms. The molecule has 2 heterocycles. The molecule has 1 saturated heterocycles. The monoisotopic (exact) mass is 419 g/mol. The van der Waals surface area contributed by atoms with Gasteiger partial charge < -0.3 is 9.80 Å². The number of halogens is 3. The lowest BCUT2D eigenvalue weighted by Gasteiger charge is -2.28. The Morgan fingerprint density at radius 2 is 1.90 bits per heavy atom. The summed E-state index contributed by atoms with van der Waals surface area (Å²) in [5.41, 5.74) is 0.945. The summed E-state index contributed by atoms with van der Waals surface area (Å²) in [4.78, 5) is 20.7. The highest BCUT2D eigenvalue weighted by Gasteiger charge is 2.35. The molecule has 2 aromatic rings. The first-order valence-corrected chi connectivity index (χ1v) is 10.5. The molecule has 2 amide bonds. The Kier molecular flexibility index (Phi) is 7.34. The van der Waals surface area contributed by atoms with Crippen LogP contribution in [0.4, 0.5) is 18.0 Å². The summed E-state index contributed by atoms with van der Waals surface area (Å²) < 4.78 is 39.2. The summed E-state index contributed by atoms with van der Waals surface area (Å²) in [7, 11) is 0. The van der Waals surface area contributed by atoms with Crippen LogP contribution >= 0.6 is 0 Å². The van der Waals surface area contributed by atoms with E-state index in [2.05, 4.69) is 4.98 Å². The molecule has 1 aliphatic heterocycles. The average molecular weight is 419 g/mol. The van der Waals surface area contributed by atoms with Crippen molar-refractivity contribution in [2.24, 2.45) is 0 Å². The number of amides is 2. The summed E-state index contributed by atoms with van der Waals surface area (Å²) in [6.07, 6.45) is 1.84. The van der Waals surface area contributed by atoms with E-state index in [1.165, 1.54) is 12.1 Å². The molecule has 30 heavy (non-hydrogen) atoms. The van der Waals surface area contributed by atoms with Crippen LogP contribution in [-0.2, 0) is 12.6 Å². The van der Waals surface area contributed by atoms with E-state index < -0.39 is 11.7 Å². The molecule has 0 radical (unpaired) electrons. The smallest absolute Gasteiger partial charge is 0.323 e. The molecule has 0 N–H and O–H groups in total. The number of carbonyl (C=O) groups excluding carboxylic acids is 1. The maximum atomic E-state index is 13.1. The molecule has 4 nitrogen and oxygen atoms in total.